The maximum atomic E-state index is 6.44. The van der Waals surface area contributed by atoms with Gasteiger partial charge in [0, 0.05) is 26.0 Å². The van der Waals surface area contributed by atoms with Crippen LogP contribution in [0.3, 0.4) is 0 Å². The monoisotopic (exact) mass is 419 g/mol. The molecule has 166 valence electrons. The molecule has 1 heterocycles. The number of allylic oxidation sites excluding steroid dienone is 1. The van der Waals surface area contributed by atoms with E-state index in [4.69, 9.17) is 15.6 Å². The Morgan fingerprint density at radius 1 is 1.31 bits per heavy atom. The van der Waals surface area contributed by atoms with Crippen LogP contribution in [0.2, 0.25) is 18.1 Å². The van der Waals surface area contributed by atoms with E-state index >= 15 is 0 Å². The van der Waals surface area contributed by atoms with Crippen LogP contribution in [-0.2, 0) is 9.16 Å². The highest BCUT2D eigenvalue weighted by molar-refractivity contribution is 6.74. The number of nitrogens with zero attached hydrogens (tertiary/aromatic N) is 1. The fourth-order valence-electron chi connectivity index (χ4n) is 4.81. The minimum absolute atomic E-state index is 0.00807. The lowest BCUT2D eigenvalue weighted by Gasteiger charge is -2.52. The van der Waals surface area contributed by atoms with E-state index in [9.17, 15) is 0 Å². The number of ether oxygens (including phenoxy) is 1. The third kappa shape index (κ3) is 5.69. The van der Waals surface area contributed by atoms with Gasteiger partial charge in [0.2, 0.25) is 0 Å². The largest absolute Gasteiger partial charge is 0.495 e. The Morgan fingerprint density at radius 3 is 2.59 bits per heavy atom. The standard InChI is InChI=1S/C25H45NO2Si/c1-10-14-25-19-21(4)18-23(28-20(2)3)22(25)13-11-15-26(25)16-12-17-27-29(8,9)24(5,6)7/h1,20-21H,11-19H2,2-9H3/t21-,25-/m1/s1. The van der Waals surface area contributed by atoms with Gasteiger partial charge in [0.1, 0.15) is 0 Å². The van der Waals surface area contributed by atoms with Crippen LogP contribution < -0.4 is 0 Å². The molecule has 29 heavy (non-hydrogen) atoms. The molecule has 2 rings (SSSR count). The van der Waals surface area contributed by atoms with Gasteiger partial charge in [-0.2, -0.15) is 0 Å². The first-order chi connectivity index (χ1) is 13.4. The second kappa shape index (κ2) is 9.58. The summed E-state index contributed by atoms with van der Waals surface area (Å²) >= 11 is 0. The van der Waals surface area contributed by atoms with Crippen LogP contribution in [0.25, 0.3) is 0 Å². The van der Waals surface area contributed by atoms with Gasteiger partial charge >= 0.3 is 0 Å². The van der Waals surface area contributed by atoms with E-state index in [0.717, 1.165) is 51.8 Å². The molecule has 0 unspecified atom stereocenters. The Bertz CT molecular complexity index is 626. The lowest BCUT2D eigenvalue weighted by Crippen LogP contribution is -2.56. The third-order valence-electron chi connectivity index (χ3n) is 7.19. The summed E-state index contributed by atoms with van der Waals surface area (Å²) in [6.07, 6.45) is 12.5. The molecule has 0 aromatic carbocycles. The summed E-state index contributed by atoms with van der Waals surface area (Å²) in [5.41, 5.74) is 1.49. The molecule has 1 aliphatic carbocycles. The number of piperidine rings is 1. The lowest BCUT2D eigenvalue weighted by molar-refractivity contribution is 0.0335. The van der Waals surface area contributed by atoms with E-state index in [0.29, 0.717) is 5.92 Å². The van der Waals surface area contributed by atoms with E-state index < -0.39 is 8.32 Å². The van der Waals surface area contributed by atoms with Gasteiger partial charge in [0.25, 0.3) is 0 Å². The van der Waals surface area contributed by atoms with Crippen molar-refractivity contribution in [1.82, 2.24) is 4.90 Å². The van der Waals surface area contributed by atoms with Crippen LogP contribution in [0, 0.1) is 18.3 Å². The summed E-state index contributed by atoms with van der Waals surface area (Å²) in [4.78, 5) is 2.68. The zero-order valence-electron chi connectivity index (χ0n) is 20.4. The van der Waals surface area contributed by atoms with Crippen molar-refractivity contribution in [3.05, 3.63) is 11.3 Å². The van der Waals surface area contributed by atoms with Gasteiger partial charge < -0.3 is 9.16 Å². The molecule has 0 aromatic rings. The third-order valence-corrected chi connectivity index (χ3v) is 11.7. The molecule has 1 aliphatic heterocycles. The molecule has 0 bridgehead atoms. The fraction of sp³-hybridized carbons (Fsp3) is 0.840. The van der Waals surface area contributed by atoms with Crippen molar-refractivity contribution in [2.75, 3.05) is 19.7 Å². The highest BCUT2D eigenvalue weighted by Crippen LogP contribution is 2.48. The molecular weight excluding hydrogens is 374 g/mol. The molecule has 0 aromatic heterocycles. The maximum Gasteiger partial charge on any atom is 0.191 e. The van der Waals surface area contributed by atoms with Gasteiger partial charge in [0.05, 0.1) is 17.4 Å². The SMILES string of the molecule is C#CC[C@@]12C[C@H](C)CC(OC(C)C)=C1CCCN2CCCO[Si](C)(C)C(C)(C)C. The van der Waals surface area contributed by atoms with Crippen molar-refractivity contribution in [2.24, 2.45) is 5.92 Å². The minimum atomic E-state index is -1.68. The summed E-state index contributed by atoms with van der Waals surface area (Å²) in [6.45, 7) is 21.3. The molecule has 0 radical (unpaired) electrons. The number of hydrogen-bond donors (Lipinski definition) is 0. The molecule has 0 amide bonds. The Balaban J connectivity index is 2.16. The Hall–Kier alpha value is -0.763. The summed E-state index contributed by atoms with van der Waals surface area (Å²) in [5.74, 6) is 4.86. The Labute approximate surface area is 181 Å². The van der Waals surface area contributed by atoms with Crippen molar-refractivity contribution in [3.63, 3.8) is 0 Å². The van der Waals surface area contributed by atoms with Crippen molar-refractivity contribution in [3.8, 4) is 12.3 Å². The van der Waals surface area contributed by atoms with Gasteiger partial charge in [-0.3, -0.25) is 4.90 Å². The second-order valence-corrected chi connectivity index (χ2v) is 15.9. The zero-order chi connectivity index (χ0) is 21.9. The molecule has 2 atom stereocenters. The first-order valence-electron chi connectivity index (χ1n) is 11.6. The molecule has 0 N–H and O–H groups in total. The molecule has 1 saturated heterocycles. The molecule has 2 aliphatic rings. The van der Waals surface area contributed by atoms with Gasteiger partial charge in [0.15, 0.2) is 8.32 Å². The molecule has 1 fully saturated rings. The highest BCUT2D eigenvalue weighted by Gasteiger charge is 2.47. The Kier molecular flexibility index (Phi) is 8.10. The van der Waals surface area contributed by atoms with Crippen molar-refractivity contribution in [2.45, 2.75) is 110 Å². The van der Waals surface area contributed by atoms with Crippen LogP contribution in [0.1, 0.15) is 80.1 Å². The number of hydrogen-bond acceptors (Lipinski definition) is 3. The lowest BCUT2D eigenvalue weighted by atomic mass is 9.68. The van der Waals surface area contributed by atoms with Crippen molar-refractivity contribution < 1.29 is 9.16 Å². The van der Waals surface area contributed by atoms with Crippen LogP contribution in [0.15, 0.2) is 11.3 Å². The molecular formula is C25H45NO2Si. The van der Waals surface area contributed by atoms with Crippen LogP contribution in [0.5, 0.6) is 0 Å². The second-order valence-electron chi connectivity index (χ2n) is 11.0. The fourth-order valence-corrected chi connectivity index (χ4v) is 5.90. The minimum Gasteiger partial charge on any atom is -0.495 e. The first kappa shape index (κ1) is 24.5. The summed E-state index contributed by atoms with van der Waals surface area (Å²) in [7, 11) is -1.68. The molecule has 4 heteroatoms. The molecule has 3 nitrogen and oxygen atoms in total. The van der Waals surface area contributed by atoms with Gasteiger partial charge in [-0.25, -0.2) is 0 Å². The first-order valence-corrected chi connectivity index (χ1v) is 14.6. The average Bonchev–Trinajstić information content (AvgIpc) is 2.57. The summed E-state index contributed by atoms with van der Waals surface area (Å²) in [5, 5.41) is 0.264. The topological polar surface area (TPSA) is 21.7 Å². The smallest absolute Gasteiger partial charge is 0.191 e. The van der Waals surface area contributed by atoms with E-state index in [2.05, 4.69) is 65.5 Å². The molecule has 0 spiro atoms. The Morgan fingerprint density at radius 2 is 2.00 bits per heavy atom. The zero-order valence-corrected chi connectivity index (χ0v) is 21.4. The number of terminal acetylenes is 1. The van der Waals surface area contributed by atoms with Crippen LogP contribution >= 0.6 is 0 Å². The number of fused-ring (bicyclic) bond motifs is 1. The van der Waals surface area contributed by atoms with Gasteiger partial charge in [-0.15, -0.1) is 12.3 Å². The predicted molar refractivity (Wildman–Crippen MR) is 126 cm³/mol. The summed E-state index contributed by atoms with van der Waals surface area (Å²) < 4.78 is 12.8. The number of rotatable bonds is 8. The van der Waals surface area contributed by atoms with E-state index in [-0.39, 0.29) is 16.7 Å². The van der Waals surface area contributed by atoms with E-state index in [1.165, 1.54) is 17.8 Å². The molecule has 0 saturated carbocycles. The average molecular weight is 420 g/mol. The van der Waals surface area contributed by atoms with Crippen LogP contribution in [0.4, 0.5) is 0 Å². The van der Waals surface area contributed by atoms with E-state index in [1.54, 1.807) is 0 Å². The predicted octanol–water partition coefficient (Wildman–Crippen LogP) is 6.37. The van der Waals surface area contributed by atoms with Gasteiger partial charge in [-0.1, -0.05) is 27.7 Å². The van der Waals surface area contributed by atoms with Gasteiger partial charge in [-0.05, 0) is 75.7 Å². The van der Waals surface area contributed by atoms with E-state index in [1.807, 2.05) is 0 Å². The number of likely N-dealkylation sites (tertiary alicyclic amines) is 1. The highest BCUT2D eigenvalue weighted by atomic mass is 28.4. The van der Waals surface area contributed by atoms with Crippen LogP contribution in [-0.4, -0.2) is 44.6 Å². The van der Waals surface area contributed by atoms with Crippen molar-refractivity contribution >= 4 is 8.32 Å². The van der Waals surface area contributed by atoms with Crippen molar-refractivity contribution in [1.29, 1.82) is 0 Å². The normalized spacial score (nSPS) is 26.4. The quantitative estimate of drug-likeness (QED) is 0.259. The summed E-state index contributed by atoms with van der Waals surface area (Å²) in [6, 6.07) is 0. The maximum absolute atomic E-state index is 6.44.